The number of nitrogens with one attached hydrogen (secondary N) is 1. The van der Waals surface area contributed by atoms with Gasteiger partial charge in [0, 0.05) is 19.7 Å². The summed E-state index contributed by atoms with van der Waals surface area (Å²) in [5.74, 6) is 1.60. The molecule has 18 heavy (non-hydrogen) atoms. The van der Waals surface area contributed by atoms with Crippen LogP contribution in [0.4, 0.5) is 0 Å². The molecule has 1 atom stereocenters. The molecule has 0 aromatic heterocycles. The molecular formula is C15H32N2O. The Morgan fingerprint density at radius 2 is 2.17 bits per heavy atom. The highest BCUT2D eigenvalue weighted by Gasteiger charge is 2.18. The minimum Gasteiger partial charge on any atom is -0.380 e. The lowest BCUT2D eigenvalue weighted by molar-refractivity contribution is 0.0794. The molecule has 1 fully saturated rings. The molecule has 0 aromatic rings. The molecule has 0 spiro atoms. The first-order chi connectivity index (χ1) is 8.72. The summed E-state index contributed by atoms with van der Waals surface area (Å²) >= 11 is 0. The molecule has 1 rings (SSSR count). The van der Waals surface area contributed by atoms with Crippen molar-refractivity contribution in [2.24, 2.45) is 11.8 Å². The number of piperidine rings is 1. The van der Waals surface area contributed by atoms with E-state index in [1.165, 1.54) is 38.9 Å². The van der Waals surface area contributed by atoms with Crippen molar-refractivity contribution in [1.29, 1.82) is 0 Å². The molecule has 1 aliphatic rings. The smallest absolute Gasteiger partial charge is 0.0593 e. The quantitative estimate of drug-likeness (QED) is 0.641. The fourth-order valence-electron chi connectivity index (χ4n) is 2.48. The summed E-state index contributed by atoms with van der Waals surface area (Å²) in [4.78, 5) is 2.57. The van der Waals surface area contributed by atoms with E-state index in [1.54, 1.807) is 0 Å². The molecule has 3 heteroatoms. The first-order valence-corrected chi connectivity index (χ1v) is 7.73. The Morgan fingerprint density at radius 3 is 2.89 bits per heavy atom. The SMILES string of the molecule is CCNCC1CCCN(CCOCCC(C)C)C1. The summed E-state index contributed by atoms with van der Waals surface area (Å²) < 4.78 is 5.71. The fraction of sp³-hybridized carbons (Fsp3) is 1.00. The van der Waals surface area contributed by atoms with Crippen molar-refractivity contribution in [2.45, 2.75) is 40.0 Å². The first kappa shape index (κ1) is 15.9. The van der Waals surface area contributed by atoms with E-state index in [-0.39, 0.29) is 0 Å². The molecule has 1 N–H and O–H groups in total. The van der Waals surface area contributed by atoms with E-state index in [2.05, 4.69) is 31.0 Å². The summed E-state index contributed by atoms with van der Waals surface area (Å²) in [6.45, 7) is 14.4. The molecule has 1 aliphatic heterocycles. The Balaban J connectivity index is 2.03. The Bertz CT molecular complexity index is 197. The third kappa shape index (κ3) is 7.34. The van der Waals surface area contributed by atoms with Crippen molar-refractivity contribution in [3.05, 3.63) is 0 Å². The van der Waals surface area contributed by atoms with Crippen LogP contribution in [0, 0.1) is 11.8 Å². The lowest BCUT2D eigenvalue weighted by Crippen LogP contribution is -2.41. The molecule has 0 aromatic carbocycles. The van der Waals surface area contributed by atoms with Crippen molar-refractivity contribution in [2.75, 3.05) is 45.9 Å². The first-order valence-electron chi connectivity index (χ1n) is 7.73. The maximum Gasteiger partial charge on any atom is 0.0593 e. The van der Waals surface area contributed by atoms with Crippen LogP contribution in [-0.4, -0.2) is 50.8 Å². The van der Waals surface area contributed by atoms with Crippen LogP contribution in [0.5, 0.6) is 0 Å². The number of rotatable bonds is 9. The summed E-state index contributed by atoms with van der Waals surface area (Å²) in [6, 6.07) is 0. The van der Waals surface area contributed by atoms with E-state index in [9.17, 15) is 0 Å². The Hall–Kier alpha value is -0.120. The molecule has 0 aliphatic carbocycles. The molecule has 0 saturated carbocycles. The van der Waals surface area contributed by atoms with Crippen molar-refractivity contribution in [1.82, 2.24) is 10.2 Å². The zero-order valence-electron chi connectivity index (χ0n) is 12.6. The normalized spacial score (nSPS) is 21.7. The van der Waals surface area contributed by atoms with Gasteiger partial charge in [0.15, 0.2) is 0 Å². The van der Waals surface area contributed by atoms with Gasteiger partial charge in [0.2, 0.25) is 0 Å². The second-order valence-electron chi connectivity index (χ2n) is 5.91. The third-order valence-corrected chi connectivity index (χ3v) is 3.68. The van der Waals surface area contributed by atoms with Gasteiger partial charge in [-0.05, 0) is 50.7 Å². The summed E-state index contributed by atoms with van der Waals surface area (Å²) in [5, 5.41) is 3.47. The second kappa shape index (κ2) is 9.76. The van der Waals surface area contributed by atoms with Crippen LogP contribution in [0.2, 0.25) is 0 Å². The maximum absolute atomic E-state index is 5.71. The monoisotopic (exact) mass is 256 g/mol. The van der Waals surface area contributed by atoms with E-state index in [4.69, 9.17) is 4.74 Å². The maximum atomic E-state index is 5.71. The van der Waals surface area contributed by atoms with Gasteiger partial charge in [-0.3, -0.25) is 0 Å². The van der Waals surface area contributed by atoms with E-state index >= 15 is 0 Å². The van der Waals surface area contributed by atoms with Crippen LogP contribution in [0.3, 0.4) is 0 Å². The highest BCUT2D eigenvalue weighted by Crippen LogP contribution is 2.15. The minimum atomic E-state index is 0.754. The summed E-state index contributed by atoms with van der Waals surface area (Å²) in [5.41, 5.74) is 0. The predicted octanol–water partition coefficient (Wildman–Crippen LogP) is 2.37. The van der Waals surface area contributed by atoms with Crippen molar-refractivity contribution >= 4 is 0 Å². The lowest BCUT2D eigenvalue weighted by atomic mass is 9.98. The fourth-order valence-corrected chi connectivity index (χ4v) is 2.48. The molecule has 108 valence electrons. The zero-order chi connectivity index (χ0) is 13.2. The average Bonchev–Trinajstić information content (AvgIpc) is 2.36. The number of likely N-dealkylation sites (tertiary alicyclic amines) is 1. The lowest BCUT2D eigenvalue weighted by Gasteiger charge is -2.32. The van der Waals surface area contributed by atoms with E-state index < -0.39 is 0 Å². The van der Waals surface area contributed by atoms with Gasteiger partial charge < -0.3 is 15.0 Å². The Labute approximate surface area is 113 Å². The van der Waals surface area contributed by atoms with Gasteiger partial charge in [-0.25, -0.2) is 0 Å². The number of hydrogen-bond donors (Lipinski definition) is 1. The van der Waals surface area contributed by atoms with Crippen molar-refractivity contribution in [3.8, 4) is 0 Å². The van der Waals surface area contributed by atoms with Crippen LogP contribution in [-0.2, 0) is 4.74 Å². The minimum absolute atomic E-state index is 0.754. The molecular weight excluding hydrogens is 224 g/mol. The van der Waals surface area contributed by atoms with Gasteiger partial charge in [-0.1, -0.05) is 20.8 Å². The van der Waals surface area contributed by atoms with Crippen LogP contribution in [0.15, 0.2) is 0 Å². The van der Waals surface area contributed by atoms with E-state index in [0.717, 1.165) is 38.1 Å². The largest absolute Gasteiger partial charge is 0.380 e. The van der Waals surface area contributed by atoms with Crippen LogP contribution in [0.1, 0.15) is 40.0 Å². The third-order valence-electron chi connectivity index (χ3n) is 3.68. The average molecular weight is 256 g/mol. The van der Waals surface area contributed by atoms with Gasteiger partial charge >= 0.3 is 0 Å². The van der Waals surface area contributed by atoms with Gasteiger partial charge in [-0.15, -0.1) is 0 Å². The summed E-state index contributed by atoms with van der Waals surface area (Å²) in [7, 11) is 0. The van der Waals surface area contributed by atoms with Crippen molar-refractivity contribution < 1.29 is 4.74 Å². The van der Waals surface area contributed by atoms with Crippen LogP contribution in [0.25, 0.3) is 0 Å². The number of hydrogen-bond acceptors (Lipinski definition) is 3. The van der Waals surface area contributed by atoms with Crippen LogP contribution < -0.4 is 5.32 Å². The predicted molar refractivity (Wildman–Crippen MR) is 78.0 cm³/mol. The van der Waals surface area contributed by atoms with Gasteiger partial charge in [-0.2, -0.15) is 0 Å². The van der Waals surface area contributed by atoms with Gasteiger partial charge in [0.05, 0.1) is 6.61 Å². The highest BCUT2D eigenvalue weighted by molar-refractivity contribution is 4.74. The Kier molecular flexibility index (Phi) is 8.64. The highest BCUT2D eigenvalue weighted by atomic mass is 16.5. The van der Waals surface area contributed by atoms with E-state index in [1.807, 2.05) is 0 Å². The molecule has 1 heterocycles. The zero-order valence-corrected chi connectivity index (χ0v) is 12.6. The van der Waals surface area contributed by atoms with Gasteiger partial charge in [0.25, 0.3) is 0 Å². The van der Waals surface area contributed by atoms with E-state index in [0.29, 0.717) is 0 Å². The molecule has 3 nitrogen and oxygen atoms in total. The van der Waals surface area contributed by atoms with Gasteiger partial charge in [0.1, 0.15) is 0 Å². The van der Waals surface area contributed by atoms with Crippen molar-refractivity contribution in [3.63, 3.8) is 0 Å². The standard InChI is InChI=1S/C15H32N2O/c1-4-16-12-15-6-5-8-17(13-15)9-11-18-10-7-14(2)3/h14-16H,4-13H2,1-3H3. The second-order valence-corrected chi connectivity index (χ2v) is 5.91. The number of nitrogens with zero attached hydrogens (tertiary/aromatic N) is 1. The Morgan fingerprint density at radius 1 is 1.33 bits per heavy atom. The molecule has 0 bridgehead atoms. The van der Waals surface area contributed by atoms with Crippen LogP contribution >= 0.6 is 0 Å². The molecule has 1 unspecified atom stereocenters. The topological polar surface area (TPSA) is 24.5 Å². The molecule has 0 radical (unpaired) electrons. The molecule has 1 saturated heterocycles. The summed E-state index contributed by atoms with van der Waals surface area (Å²) in [6.07, 6.45) is 3.92. The number of ether oxygens (including phenoxy) is 1. The molecule has 0 amide bonds.